The third-order valence-electron chi connectivity index (χ3n) is 3.13. The lowest BCUT2D eigenvalue weighted by atomic mass is 9.95. The van der Waals surface area contributed by atoms with E-state index in [2.05, 4.69) is 36.1 Å². The summed E-state index contributed by atoms with van der Waals surface area (Å²) in [6.07, 6.45) is 4.01. The minimum atomic E-state index is 0.129. The molecule has 0 saturated heterocycles. The van der Waals surface area contributed by atoms with E-state index in [1.54, 1.807) is 6.33 Å². The van der Waals surface area contributed by atoms with Crippen LogP contribution >= 0.6 is 0 Å². The van der Waals surface area contributed by atoms with Crippen LogP contribution in [0, 0.1) is 5.92 Å². The van der Waals surface area contributed by atoms with Gasteiger partial charge in [0.15, 0.2) is 0 Å². The van der Waals surface area contributed by atoms with Gasteiger partial charge in [0.1, 0.15) is 12.1 Å². The summed E-state index contributed by atoms with van der Waals surface area (Å²) in [6.45, 7) is 10.6. The van der Waals surface area contributed by atoms with E-state index in [4.69, 9.17) is 4.74 Å². The number of aromatic nitrogens is 2. The molecule has 18 heavy (non-hydrogen) atoms. The van der Waals surface area contributed by atoms with Crippen LogP contribution < -0.4 is 10.1 Å². The fourth-order valence-corrected chi connectivity index (χ4v) is 2.07. The summed E-state index contributed by atoms with van der Waals surface area (Å²) < 4.78 is 5.56. The van der Waals surface area contributed by atoms with Crippen molar-refractivity contribution in [2.75, 3.05) is 5.32 Å². The summed E-state index contributed by atoms with van der Waals surface area (Å²) in [7, 11) is 0. The SMILES string of the molecule is CCC(CC)C(C)Nc1cc(OC(C)C)ncn1. The largest absolute Gasteiger partial charge is 0.475 e. The van der Waals surface area contributed by atoms with Crippen molar-refractivity contribution in [2.45, 2.75) is 59.6 Å². The Hall–Kier alpha value is -1.32. The van der Waals surface area contributed by atoms with Crippen LogP contribution in [0.4, 0.5) is 5.82 Å². The molecule has 1 aromatic heterocycles. The Balaban J connectivity index is 2.66. The first-order valence-electron chi connectivity index (χ1n) is 6.82. The molecule has 0 amide bonds. The number of ether oxygens (including phenoxy) is 1. The maximum Gasteiger partial charge on any atom is 0.218 e. The van der Waals surface area contributed by atoms with Crippen LogP contribution in [0.5, 0.6) is 5.88 Å². The number of nitrogens with zero attached hydrogens (tertiary/aromatic N) is 2. The Morgan fingerprint density at radius 3 is 2.39 bits per heavy atom. The average molecular weight is 251 g/mol. The second-order valence-electron chi connectivity index (χ2n) is 4.92. The maximum absolute atomic E-state index is 5.56. The summed E-state index contributed by atoms with van der Waals surface area (Å²) in [5.74, 6) is 2.12. The molecular weight excluding hydrogens is 226 g/mol. The molecule has 1 aromatic rings. The van der Waals surface area contributed by atoms with Crippen LogP contribution in [0.1, 0.15) is 47.5 Å². The highest BCUT2D eigenvalue weighted by molar-refractivity contribution is 5.38. The highest BCUT2D eigenvalue weighted by Crippen LogP contribution is 2.18. The maximum atomic E-state index is 5.56. The highest BCUT2D eigenvalue weighted by atomic mass is 16.5. The minimum Gasteiger partial charge on any atom is -0.475 e. The fraction of sp³-hybridized carbons (Fsp3) is 0.714. The van der Waals surface area contributed by atoms with Gasteiger partial charge in [0, 0.05) is 12.1 Å². The van der Waals surface area contributed by atoms with Gasteiger partial charge in [-0.15, -0.1) is 0 Å². The van der Waals surface area contributed by atoms with Gasteiger partial charge >= 0.3 is 0 Å². The van der Waals surface area contributed by atoms with E-state index >= 15 is 0 Å². The van der Waals surface area contributed by atoms with Gasteiger partial charge in [-0.2, -0.15) is 0 Å². The molecule has 4 nitrogen and oxygen atoms in total. The van der Waals surface area contributed by atoms with E-state index < -0.39 is 0 Å². The lowest BCUT2D eigenvalue weighted by Gasteiger charge is -2.23. The highest BCUT2D eigenvalue weighted by Gasteiger charge is 2.14. The van der Waals surface area contributed by atoms with Crippen molar-refractivity contribution in [3.05, 3.63) is 12.4 Å². The number of rotatable bonds is 7. The Kier molecular flexibility index (Phi) is 5.89. The first-order chi connectivity index (χ1) is 8.56. The first-order valence-corrected chi connectivity index (χ1v) is 6.82. The molecule has 0 aromatic carbocycles. The second-order valence-corrected chi connectivity index (χ2v) is 4.92. The van der Waals surface area contributed by atoms with E-state index in [0.717, 1.165) is 5.82 Å². The number of hydrogen-bond acceptors (Lipinski definition) is 4. The van der Waals surface area contributed by atoms with Crippen LogP contribution in [-0.4, -0.2) is 22.1 Å². The van der Waals surface area contributed by atoms with Gasteiger partial charge in [-0.1, -0.05) is 26.7 Å². The fourth-order valence-electron chi connectivity index (χ4n) is 2.07. The third kappa shape index (κ3) is 4.51. The van der Waals surface area contributed by atoms with Crippen LogP contribution in [-0.2, 0) is 0 Å². The van der Waals surface area contributed by atoms with E-state index in [-0.39, 0.29) is 6.10 Å². The Labute approximate surface area is 110 Å². The lowest BCUT2D eigenvalue weighted by molar-refractivity contribution is 0.232. The molecule has 1 unspecified atom stereocenters. The van der Waals surface area contributed by atoms with Gasteiger partial charge in [0.05, 0.1) is 6.10 Å². The molecule has 0 bridgehead atoms. The monoisotopic (exact) mass is 251 g/mol. The van der Waals surface area contributed by atoms with Crippen molar-refractivity contribution in [1.82, 2.24) is 9.97 Å². The summed E-state index contributed by atoms with van der Waals surface area (Å²) in [6, 6.07) is 2.26. The average Bonchev–Trinajstić information content (AvgIpc) is 2.30. The van der Waals surface area contributed by atoms with Crippen LogP contribution in [0.3, 0.4) is 0 Å². The molecule has 0 radical (unpaired) electrons. The topological polar surface area (TPSA) is 47.0 Å². The summed E-state index contributed by atoms with van der Waals surface area (Å²) in [5, 5.41) is 3.43. The normalized spacial score (nSPS) is 12.8. The molecule has 0 aliphatic rings. The minimum absolute atomic E-state index is 0.129. The zero-order valence-corrected chi connectivity index (χ0v) is 12.1. The second kappa shape index (κ2) is 7.19. The van der Waals surface area contributed by atoms with Gasteiger partial charge in [-0.25, -0.2) is 9.97 Å². The zero-order chi connectivity index (χ0) is 13.5. The van der Waals surface area contributed by atoms with Crippen molar-refractivity contribution in [3.8, 4) is 5.88 Å². The van der Waals surface area contributed by atoms with E-state index in [0.29, 0.717) is 17.8 Å². The summed E-state index contributed by atoms with van der Waals surface area (Å²) in [4.78, 5) is 8.33. The molecule has 0 fully saturated rings. The van der Waals surface area contributed by atoms with E-state index in [1.165, 1.54) is 12.8 Å². The van der Waals surface area contributed by atoms with Crippen molar-refractivity contribution in [2.24, 2.45) is 5.92 Å². The third-order valence-corrected chi connectivity index (χ3v) is 3.13. The van der Waals surface area contributed by atoms with Crippen molar-refractivity contribution in [3.63, 3.8) is 0 Å². The Morgan fingerprint density at radius 2 is 1.83 bits per heavy atom. The standard InChI is InChI=1S/C14H25N3O/c1-6-12(7-2)11(5)17-13-8-14(16-9-15-13)18-10(3)4/h8-12H,6-7H2,1-5H3,(H,15,16,17). The smallest absolute Gasteiger partial charge is 0.218 e. The molecule has 1 N–H and O–H groups in total. The molecule has 0 saturated carbocycles. The van der Waals surface area contributed by atoms with E-state index in [1.807, 2.05) is 19.9 Å². The number of nitrogens with one attached hydrogen (secondary N) is 1. The van der Waals surface area contributed by atoms with E-state index in [9.17, 15) is 0 Å². The molecule has 1 heterocycles. The molecule has 102 valence electrons. The van der Waals surface area contributed by atoms with Crippen LogP contribution in [0.25, 0.3) is 0 Å². The van der Waals surface area contributed by atoms with Gasteiger partial charge in [-0.3, -0.25) is 0 Å². The molecule has 0 aliphatic heterocycles. The Bertz CT molecular complexity index is 351. The van der Waals surface area contributed by atoms with Crippen LogP contribution in [0.15, 0.2) is 12.4 Å². The molecular formula is C14H25N3O. The van der Waals surface area contributed by atoms with Crippen molar-refractivity contribution < 1.29 is 4.74 Å². The Morgan fingerprint density at radius 1 is 1.17 bits per heavy atom. The predicted molar refractivity (Wildman–Crippen MR) is 75.0 cm³/mol. The molecule has 4 heteroatoms. The van der Waals surface area contributed by atoms with Crippen molar-refractivity contribution >= 4 is 5.82 Å². The first kappa shape index (κ1) is 14.7. The van der Waals surface area contributed by atoms with Crippen LogP contribution in [0.2, 0.25) is 0 Å². The lowest BCUT2D eigenvalue weighted by Crippen LogP contribution is -2.25. The molecule has 0 spiro atoms. The van der Waals surface area contributed by atoms with Crippen molar-refractivity contribution in [1.29, 1.82) is 0 Å². The number of anilines is 1. The zero-order valence-electron chi connectivity index (χ0n) is 12.1. The quantitative estimate of drug-likeness (QED) is 0.805. The summed E-state index contributed by atoms with van der Waals surface area (Å²) in [5.41, 5.74) is 0. The molecule has 0 aliphatic carbocycles. The number of hydrogen-bond donors (Lipinski definition) is 1. The molecule has 1 rings (SSSR count). The predicted octanol–water partition coefficient (Wildman–Crippen LogP) is 3.50. The van der Waals surface area contributed by atoms with Gasteiger partial charge in [-0.05, 0) is 26.7 Å². The molecule has 1 atom stereocenters. The van der Waals surface area contributed by atoms with Gasteiger partial charge in [0.2, 0.25) is 5.88 Å². The van der Waals surface area contributed by atoms with Gasteiger partial charge in [0.25, 0.3) is 0 Å². The summed E-state index contributed by atoms with van der Waals surface area (Å²) >= 11 is 0. The van der Waals surface area contributed by atoms with Gasteiger partial charge < -0.3 is 10.1 Å².